The second-order valence-electron chi connectivity index (χ2n) is 9.64. The van der Waals surface area contributed by atoms with Crippen molar-refractivity contribution >= 4 is 23.8 Å². The van der Waals surface area contributed by atoms with Gasteiger partial charge < -0.3 is 24.8 Å². The van der Waals surface area contributed by atoms with Crippen LogP contribution in [-0.4, -0.2) is 47.2 Å². The molecule has 0 aliphatic rings. The molecular weight excluding hydrogens is 460 g/mol. The fraction of sp³-hybridized carbons (Fsp3) is 0.500. The molecule has 2 aromatic rings. The van der Waals surface area contributed by atoms with E-state index in [4.69, 9.17) is 25.8 Å². The highest BCUT2D eigenvalue weighted by atomic mass is 35.5. The molecule has 0 aliphatic heterocycles. The largest absolute Gasteiger partial charge is 0.490 e. The maximum absolute atomic E-state index is 12.4. The number of halogens is 1. The number of rotatable bonds is 8. The summed E-state index contributed by atoms with van der Waals surface area (Å²) in [6.07, 6.45) is 1.07. The summed E-state index contributed by atoms with van der Waals surface area (Å²) >= 11 is 6.48. The van der Waals surface area contributed by atoms with Crippen LogP contribution in [0.1, 0.15) is 48.0 Å². The monoisotopic (exact) mass is 492 g/mol. The van der Waals surface area contributed by atoms with E-state index in [0.29, 0.717) is 28.7 Å². The zero-order valence-electron chi connectivity index (χ0n) is 20.7. The van der Waals surface area contributed by atoms with Crippen molar-refractivity contribution in [2.24, 2.45) is 5.92 Å². The van der Waals surface area contributed by atoms with Gasteiger partial charge in [-0.05, 0) is 57.7 Å². The fourth-order valence-electron chi connectivity index (χ4n) is 3.33. The second kappa shape index (κ2) is 11.4. The Bertz CT molecular complexity index is 1010. The minimum Gasteiger partial charge on any atom is -0.490 e. The topological polar surface area (TPSA) is 112 Å². The van der Waals surface area contributed by atoms with Gasteiger partial charge in [-0.2, -0.15) is 5.10 Å². The van der Waals surface area contributed by atoms with Gasteiger partial charge in [0.15, 0.2) is 0 Å². The van der Waals surface area contributed by atoms with Crippen LogP contribution >= 0.6 is 11.6 Å². The van der Waals surface area contributed by atoms with Gasteiger partial charge in [0.1, 0.15) is 18.0 Å². The van der Waals surface area contributed by atoms with Crippen molar-refractivity contribution in [3.05, 3.63) is 35.5 Å². The predicted octanol–water partition coefficient (Wildman–Crippen LogP) is 5.22. The van der Waals surface area contributed by atoms with Gasteiger partial charge >= 0.3 is 12.2 Å². The summed E-state index contributed by atoms with van der Waals surface area (Å²) in [5, 5.41) is 13.3. The van der Waals surface area contributed by atoms with Crippen molar-refractivity contribution < 1.29 is 23.8 Å². The average molecular weight is 493 g/mol. The molecule has 2 rings (SSSR count). The number of hydrogen-bond acceptors (Lipinski definition) is 7. The highest BCUT2D eigenvalue weighted by Crippen LogP contribution is 2.32. The lowest BCUT2D eigenvalue weighted by atomic mass is 9.91. The third-order valence-corrected chi connectivity index (χ3v) is 4.80. The quantitative estimate of drug-likeness (QED) is 0.519. The van der Waals surface area contributed by atoms with Crippen LogP contribution in [0.4, 0.5) is 9.59 Å². The maximum Gasteiger partial charge on any atom is 0.413 e. The van der Waals surface area contributed by atoms with E-state index in [9.17, 15) is 9.59 Å². The fourth-order valence-corrected chi connectivity index (χ4v) is 3.57. The van der Waals surface area contributed by atoms with Crippen LogP contribution in [0.15, 0.2) is 30.5 Å². The Balaban J connectivity index is 2.15. The first-order chi connectivity index (χ1) is 15.8. The lowest BCUT2D eigenvalue weighted by molar-refractivity contribution is 0.0408. The van der Waals surface area contributed by atoms with Crippen LogP contribution in [0, 0.1) is 5.92 Å². The van der Waals surface area contributed by atoms with E-state index >= 15 is 0 Å². The SMILES string of the molecule is CNC(=O)Oc1cc(-c2ccc(OC[C@](C)(CC(C)C)NC(=O)OC(C)(C)C)c(Cl)c2)cnn1. The molecule has 0 fully saturated rings. The lowest BCUT2D eigenvalue weighted by Gasteiger charge is -2.33. The molecule has 1 aromatic carbocycles. The second-order valence-corrected chi connectivity index (χ2v) is 10.0. The summed E-state index contributed by atoms with van der Waals surface area (Å²) in [4.78, 5) is 23.8. The number of benzene rings is 1. The van der Waals surface area contributed by atoms with Crippen LogP contribution in [-0.2, 0) is 4.74 Å². The summed E-state index contributed by atoms with van der Waals surface area (Å²) in [5.74, 6) is 0.841. The summed E-state index contributed by atoms with van der Waals surface area (Å²) in [6.45, 7) is 11.7. The highest BCUT2D eigenvalue weighted by molar-refractivity contribution is 6.32. The van der Waals surface area contributed by atoms with Crippen molar-refractivity contribution in [2.75, 3.05) is 13.7 Å². The zero-order valence-corrected chi connectivity index (χ0v) is 21.4. The van der Waals surface area contributed by atoms with Crippen molar-refractivity contribution in [1.82, 2.24) is 20.8 Å². The van der Waals surface area contributed by atoms with E-state index in [1.165, 1.54) is 13.2 Å². The van der Waals surface area contributed by atoms with Gasteiger partial charge in [-0.15, -0.1) is 5.10 Å². The molecule has 0 aliphatic carbocycles. The number of carbonyl (C=O) groups is 2. The van der Waals surface area contributed by atoms with Gasteiger partial charge in [0.2, 0.25) is 5.88 Å². The summed E-state index contributed by atoms with van der Waals surface area (Å²) in [6, 6.07) is 6.85. The van der Waals surface area contributed by atoms with E-state index in [-0.39, 0.29) is 12.5 Å². The van der Waals surface area contributed by atoms with Gasteiger partial charge in [-0.25, -0.2) is 9.59 Å². The molecular formula is C24H33ClN4O5. The molecule has 0 saturated heterocycles. The normalized spacial score (nSPS) is 13.1. The lowest BCUT2D eigenvalue weighted by Crippen LogP contribution is -2.52. The van der Waals surface area contributed by atoms with Crippen LogP contribution in [0.5, 0.6) is 11.6 Å². The number of hydrogen-bond donors (Lipinski definition) is 2. The van der Waals surface area contributed by atoms with Gasteiger partial charge in [-0.3, -0.25) is 0 Å². The first-order valence-corrected chi connectivity index (χ1v) is 11.3. The highest BCUT2D eigenvalue weighted by Gasteiger charge is 2.31. The van der Waals surface area contributed by atoms with Crippen LogP contribution in [0.2, 0.25) is 5.02 Å². The number of ether oxygens (including phenoxy) is 3. The van der Waals surface area contributed by atoms with Crippen molar-refractivity contribution in [3.8, 4) is 22.8 Å². The Morgan fingerprint density at radius 2 is 1.79 bits per heavy atom. The minimum absolute atomic E-state index is 0.0611. The Hall–Kier alpha value is -3.07. The molecule has 1 atom stereocenters. The average Bonchev–Trinajstić information content (AvgIpc) is 2.70. The maximum atomic E-state index is 12.4. The van der Waals surface area contributed by atoms with Crippen molar-refractivity contribution in [2.45, 2.75) is 59.1 Å². The number of amides is 2. The van der Waals surface area contributed by atoms with E-state index in [2.05, 4.69) is 34.7 Å². The summed E-state index contributed by atoms with van der Waals surface area (Å²) < 4.78 is 16.4. The third kappa shape index (κ3) is 8.70. The van der Waals surface area contributed by atoms with E-state index in [0.717, 1.165) is 5.56 Å². The molecule has 9 nitrogen and oxygen atoms in total. The van der Waals surface area contributed by atoms with E-state index in [1.54, 1.807) is 18.2 Å². The van der Waals surface area contributed by atoms with E-state index < -0.39 is 23.3 Å². The number of aromatic nitrogens is 2. The Morgan fingerprint density at radius 3 is 2.38 bits per heavy atom. The molecule has 1 heterocycles. The molecule has 186 valence electrons. The molecule has 0 spiro atoms. The van der Waals surface area contributed by atoms with Crippen LogP contribution in [0.25, 0.3) is 11.1 Å². The molecule has 0 unspecified atom stereocenters. The predicted molar refractivity (Wildman–Crippen MR) is 130 cm³/mol. The molecule has 2 N–H and O–H groups in total. The summed E-state index contributed by atoms with van der Waals surface area (Å²) in [7, 11) is 1.45. The standard InChI is InChI=1S/C24H33ClN4O5/c1-15(2)12-24(6,28-22(31)34-23(3,4)5)14-32-19-9-8-16(10-18(19)25)17-11-20(29-27-13-17)33-21(30)26-7/h8-11,13,15H,12,14H2,1-7H3,(H,26,30)(H,28,31)/t24-/m0/s1. The molecule has 34 heavy (non-hydrogen) atoms. The van der Waals surface area contributed by atoms with Crippen molar-refractivity contribution in [1.29, 1.82) is 0 Å². The van der Waals surface area contributed by atoms with Gasteiger partial charge in [0, 0.05) is 18.7 Å². The first-order valence-electron chi connectivity index (χ1n) is 11.0. The molecule has 0 saturated carbocycles. The zero-order chi connectivity index (χ0) is 25.5. The molecule has 2 amide bonds. The number of carbonyl (C=O) groups excluding carboxylic acids is 2. The third-order valence-electron chi connectivity index (χ3n) is 4.51. The van der Waals surface area contributed by atoms with Gasteiger partial charge in [0.05, 0.1) is 16.8 Å². The molecule has 1 aromatic heterocycles. The number of nitrogens with one attached hydrogen (secondary N) is 2. The molecule has 0 bridgehead atoms. The van der Waals surface area contributed by atoms with Gasteiger partial charge in [0.25, 0.3) is 0 Å². The van der Waals surface area contributed by atoms with Crippen molar-refractivity contribution in [3.63, 3.8) is 0 Å². The number of nitrogens with zero attached hydrogens (tertiary/aromatic N) is 2. The van der Waals surface area contributed by atoms with E-state index in [1.807, 2.05) is 33.8 Å². The minimum atomic E-state index is -0.667. The van der Waals surface area contributed by atoms with Crippen LogP contribution in [0.3, 0.4) is 0 Å². The molecule has 10 heteroatoms. The van der Waals surface area contributed by atoms with Gasteiger partial charge in [-0.1, -0.05) is 31.5 Å². The van der Waals surface area contributed by atoms with Crippen LogP contribution < -0.4 is 20.1 Å². The summed E-state index contributed by atoms with van der Waals surface area (Å²) in [5.41, 5.74) is 0.139. The Labute approximate surface area is 205 Å². The molecule has 0 radical (unpaired) electrons. The first kappa shape index (κ1) is 27.2. The smallest absolute Gasteiger partial charge is 0.413 e. The number of alkyl carbamates (subject to hydrolysis) is 1. The Morgan fingerprint density at radius 1 is 1.09 bits per heavy atom. The Kier molecular flexibility index (Phi) is 9.09.